The highest BCUT2D eigenvalue weighted by Gasteiger charge is 2.51. The molecule has 0 saturated heterocycles. The van der Waals surface area contributed by atoms with E-state index in [0.717, 1.165) is 44.5 Å². The number of hydrogen-bond acceptors (Lipinski definition) is 5. The second kappa shape index (κ2) is 12.0. The van der Waals surface area contributed by atoms with Crippen molar-refractivity contribution in [3.05, 3.63) is 198 Å². The van der Waals surface area contributed by atoms with E-state index in [2.05, 4.69) is 103 Å². The van der Waals surface area contributed by atoms with Crippen molar-refractivity contribution in [2.45, 2.75) is 15.2 Å². The highest BCUT2D eigenvalue weighted by molar-refractivity contribution is 7.99. The number of hydrogen-bond donors (Lipinski definition) is 0. The van der Waals surface area contributed by atoms with Gasteiger partial charge in [-0.15, -0.1) is 0 Å². The Balaban J connectivity index is 1.14. The Morgan fingerprint density at radius 1 is 0.423 bits per heavy atom. The van der Waals surface area contributed by atoms with Crippen LogP contribution in [0.25, 0.3) is 56.4 Å². The summed E-state index contributed by atoms with van der Waals surface area (Å²) < 4.78 is 0. The minimum absolute atomic E-state index is 0.557. The molecule has 10 rings (SSSR count). The highest BCUT2D eigenvalue weighted by Crippen LogP contribution is 2.63. The Bertz CT molecular complexity index is 2660. The topological polar surface area (TPSA) is 62.5 Å². The standard InChI is InChI=1S/C47H28N4S/c48-29-34-17-11-22-39-42(34)36-18-7-8-20-37(36)47(39)38-21-9-10-24-41(38)52-43-35(19-12-23-40(43)47)30-25-27-33(28-26-30)46-50-44(31-13-3-1-4-14-31)49-45(51-46)32-15-5-2-6-16-32/h1-28H. The third-order valence-corrected chi connectivity index (χ3v) is 11.5. The maximum atomic E-state index is 10.3. The SMILES string of the molecule is N#Cc1cccc2c1-c1ccccc1C21c2ccccc2Sc2c(-c3ccc(-c4nc(-c5ccccc5)nc(-c5ccccc5)n4)cc3)cccc21. The van der Waals surface area contributed by atoms with E-state index in [1.807, 2.05) is 84.6 Å². The maximum absolute atomic E-state index is 10.3. The summed E-state index contributed by atoms with van der Waals surface area (Å²) in [6.45, 7) is 0. The minimum atomic E-state index is -0.557. The van der Waals surface area contributed by atoms with Crippen LogP contribution >= 0.6 is 11.8 Å². The van der Waals surface area contributed by atoms with Gasteiger partial charge in [-0.3, -0.25) is 0 Å². The Kier molecular flexibility index (Phi) is 6.99. The smallest absolute Gasteiger partial charge is 0.164 e. The van der Waals surface area contributed by atoms with Gasteiger partial charge in [-0.1, -0.05) is 169 Å². The van der Waals surface area contributed by atoms with E-state index < -0.39 is 5.41 Å². The van der Waals surface area contributed by atoms with E-state index >= 15 is 0 Å². The predicted octanol–water partition coefficient (Wildman–Crippen LogP) is 11.2. The van der Waals surface area contributed by atoms with Crippen LogP contribution < -0.4 is 0 Å². The molecule has 0 N–H and O–H groups in total. The van der Waals surface area contributed by atoms with Crippen molar-refractivity contribution in [1.82, 2.24) is 15.0 Å². The summed E-state index contributed by atoms with van der Waals surface area (Å²) in [5.41, 5.74) is 12.2. The number of nitrogens with zero attached hydrogens (tertiary/aromatic N) is 4. The molecule has 8 aromatic rings. The molecule has 52 heavy (non-hydrogen) atoms. The van der Waals surface area contributed by atoms with E-state index in [0.29, 0.717) is 23.0 Å². The number of benzene rings is 7. The third kappa shape index (κ3) is 4.52. The summed E-state index contributed by atoms with van der Waals surface area (Å²) in [6, 6.07) is 61.4. The summed E-state index contributed by atoms with van der Waals surface area (Å²) in [5.74, 6) is 1.91. The van der Waals surface area contributed by atoms with Crippen molar-refractivity contribution in [3.63, 3.8) is 0 Å². The van der Waals surface area contributed by atoms with Crippen LogP contribution in [0.3, 0.4) is 0 Å². The Hall–Kier alpha value is -6.61. The lowest BCUT2D eigenvalue weighted by molar-refractivity contribution is 0.723. The molecule has 5 heteroatoms. The maximum Gasteiger partial charge on any atom is 0.164 e. The first kappa shape index (κ1) is 30.2. The Morgan fingerprint density at radius 3 is 1.60 bits per heavy atom. The van der Waals surface area contributed by atoms with Gasteiger partial charge in [0.05, 0.1) is 17.0 Å². The molecule has 0 fully saturated rings. The van der Waals surface area contributed by atoms with Gasteiger partial charge in [-0.2, -0.15) is 5.26 Å². The molecular weight excluding hydrogens is 653 g/mol. The molecule has 2 aliphatic rings. The first-order chi connectivity index (χ1) is 25.7. The number of fused-ring (bicyclic) bond motifs is 9. The second-order valence-corrected chi connectivity index (χ2v) is 14.1. The van der Waals surface area contributed by atoms with Gasteiger partial charge in [0.2, 0.25) is 0 Å². The third-order valence-electron chi connectivity index (χ3n) is 10.3. The van der Waals surface area contributed by atoms with Gasteiger partial charge >= 0.3 is 0 Å². The zero-order valence-electron chi connectivity index (χ0n) is 27.9. The Labute approximate surface area is 306 Å². The van der Waals surface area contributed by atoms with Crippen LogP contribution in [0.1, 0.15) is 27.8 Å². The molecule has 0 saturated carbocycles. The lowest BCUT2D eigenvalue weighted by Gasteiger charge is -2.40. The molecule has 1 aromatic heterocycles. The molecule has 0 bridgehead atoms. The fourth-order valence-corrected chi connectivity index (χ4v) is 9.35. The Morgan fingerprint density at radius 2 is 0.923 bits per heavy atom. The van der Waals surface area contributed by atoms with E-state index in [-0.39, 0.29) is 0 Å². The quantitative estimate of drug-likeness (QED) is 0.185. The van der Waals surface area contributed by atoms with Crippen LogP contribution in [0.5, 0.6) is 0 Å². The van der Waals surface area contributed by atoms with Crippen LogP contribution in [-0.2, 0) is 5.41 Å². The molecule has 0 radical (unpaired) electrons. The number of rotatable bonds is 4. The summed E-state index contributed by atoms with van der Waals surface area (Å²) in [4.78, 5) is 17.2. The predicted molar refractivity (Wildman–Crippen MR) is 208 cm³/mol. The van der Waals surface area contributed by atoms with Gasteiger partial charge in [0.1, 0.15) is 0 Å². The van der Waals surface area contributed by atoms with E-state index in [9.17, 15) is 5.26 Å². The van der Waals surface area contributed by atoms with Crippen molar-refractivity contribution < 1.29 is 0 Å². The monoisotopic (exact) mass is 680 g/mol. The zero-order valence-corrected chi connectivity index (χ0v) is 28.7. The molecule has 1 aliphatic carbocycles. The van der Waals surface area contributed by atoms with Crippen LogP contribution in [-0.4, -0.2) is 15.0 Å². The normalized spacial score (nSPS) is 14.9. The summed E-state index contributed by atoms with van der Waals surface area (Å²) in [5, 5.41) is 10.3. The van der Waals surface area contributed by atoms with Crippen molar-refractivity contribution in [1.29, 1.82) is 5.26 Å². The molecule has 2 heterocycles. The van der Waals surface area contributed by atoms with Gasteiger partial charge in [0.25, 0.3) is 0 Å². The molecular formula is C47H28N4S. The van der Waals surface area contributed by atoms with Gasteiger partial charge in [-0.05, 0) is 51.1 Å². The van der Waals surface area contributed by atoms with Crippen LogP contribution in [0.2, 0.25) is 0 Å². The first-order valence-electron chi connectivity index (χ1n) is 17.3. The zero-order chi connectivity index (χ0) is 34.6. The number of aromatic nitrogens is 3. The van der Waals surface area contributed by atoms with Crippen LogP contribution in [0, 0.1) is 11.3 Å². The highest BCUT2D eigenvalue weighted by atomic mass is 32.2. The number of nitriles is 1. The van der Waals surface area contributed by atoms with Gasteiger partial charge < -0.3 is 0 Å². The summed E-state index contributed by atoms with van der Waals surface area (Å²) in [6.07, 6.45) is 0. The van der Waals surface area contributed by atoms with Crippen molar-refractivity contribution in [2.75, 3.05) is 0 Å². The molecule has 1 aliphatic heterocycles. The molecule has 1 spiro atoms. The van der Waals surface area contributed by atoms with Gasteiger partial charge in [-0.25, -0.2) is 15.0 Å². The fourth-order valence-electron chi connectivity index (χ4n) is 8.03. The lowest BCUT2D eigenvalue weighted by atomic mass is 9.67. The largest absolute Gasteiger partial charge is 0.208 e. The average Bonchev–Trinajstić information content (AvgIpc) is 3.52. The molecule has 4 nitrogen and oxygen atoms in total. The molecule has 242 valence electrons. The van der Waals surface area contributed by atoms with Crippen molar-refractivity contribution in [2.24, 2.45) is 0 Å². The molecule has 7 aromatic carbocycles. The summed E-state index contributed by atoms with van der Waals surface area (Å²) in [7, 11) is 0. The minimum Gasteiger partial charge on any atom is -0.208 e. The molecule has 0 amide bonds. The fraction of sp³-hybridized carbons (Fsp3) is 0.0213. The average molecular weight is 681 g/mol. The van der Waals surface area contributed by atoms with Crippen molar-refractivity contribution >= 4 is 11.8 Å². The van der Waals surface area contributed by atoms with E-state index in [1.165, 1.54) is 26.5 Å². The van der Waals surface area contributed by atoms with Gasteiger partial charge in [0, 0.05) is 32.0 Å². The molecule has 1 unspecified atom stereocenters. The van der Waals surface area contributed by atoms with Crippen LogP contribution in [0.4, 0.5) is 0 Å². The van der Waals surface area contributed by atoms with Crippen LogP contribution in [0.15, 0.2) is 180 Å². The van der Waals surface area contributed by atoms with E-state index in [4.69, 9.17) is 15.0 Å². The van der Waals surface area contributed by atoms with E-state index in [1.54, 1.807) is 0 Å². The van der Waals surface area contributed by atoms with Crippen molar-refractivity contribution in [3.8, 4) is 62.5 Å². The van der Waals surface area contributed by atoms with Gasteiger partial charge in [0.15, 0.2) is 17.5 Å². The first-order valence-corrected chi connectivity index (χ1v) is 18.1. The second-order valence-electron chi connectivity index (χ2n) is 13.0. The summed E-state index contributed by atoms with van der Waals surface area (Å²) >= 11 is 1.83. The molecule has 1 atom stereocenters. The lowest BCUT2D eigenvalue weighted by Crippen LogP contribution is -2.32.